The Hall–Kier alpha value is -3.26. The summed E-state index contributed by atoms with van der Waals surface area (Å²) in [5.74, 6) is 1.84. The molecule has 0 saturated carbocycles. The van der Waals surface area contributed by atoms with Gasteiger partial charge >= 0.3 is 0 Å². The third-order valence-electron chi connectivity index (χ3n) is 5.25. The molecule has 8 nitrogen and oxygen atoms in total. The van der Waals surface area contributed by atoms with Gasteiger partial charge in [0.1, 0.15) is 23.4 Å². The third-order valence-corrected chi connectivity index (χ3v) is 5.25. The first-order valence-corrected chi connectivity index (χ1v) is 10.4. The van der Waals surface area contributed by atoms with E-state index in [0.29, 0.717) is 43.3 Å². The van der Waals surface area contributed by atoms with E-state index < -0.39 is 6.10 Å². The number of rotatable bonds is 8. The molecule has 0 aromatic heterocycles. The Morgan fingerprint density at radius 1 is 1.19 bits per heavy atom. The van der Waals surface area contributed by atoms with E-state index in [4.69, 9.17) is 18.9 Å². The fraction of sp³-hybridized carbons (Fsp3) is 0.391. The van der Waals surface area contributed by atoms with Crippen LogP contribution < -0.4 is 24.4 Å². The molecule has 31 heavy (non-hydrogen) atoms. The number of hydrogen-bond acceptors (Lipinski definition) is 6. The molecule has 0 bridgehead atoms. The zero-order valence-corrected chi connectivity index (χ0v) is 17.5. The lowest BCUT2D eigenvalue weighted by Crippen LogP contribution is -2.40. The molecule has 2 heterocycles. The van der Waals surface area contributed by atoms with E-state index in [1.165, 1.54) is 0 Å². The van der Waals surface area contributed by atoms with Gasteiger partial charge in [-0.05, 0) is 61.7 Å². The number of fused-ring (bicyclic) bond motifs is 1. The van der Waals surface area contributed by atoms with Crippen molar-refractivity contribution >= 4 is 23.2 Å². The fourth-order valence-corrected chi connectivity index (χ4v) is 3.62. The number of carbonyl (C=O) groups excluding carboxylic acids is 2. The van der Waals surface area contributed by atoms with E-state index in [9.17, 15) is 9.59 Å². The van der Waals surface area contributed by atoms with Crippen LogP contribution in [0.5, 0.6) is 17.2 Å². The van der Waals surface area contributed by atoms with Crippen molar-refractivity contribution in [2.75, 3.05) is 43.7 Å². The monoisotopic (exact) mass is 426 g/mol. The second-order valence-corrected chi connectivity index (χ2v) is 7.39. The molecule has 2 aromatic rings. The summed E-state index contributed by atoms with van der Waals surface area (Å²) in [5, 5.41) is 2.88. The molecule has 0 radical (unpaired) electrons. The molecule has 0 aliphatic carbocycles. The maximum Gasteiger partial charge on any atom is 0.265 e. The number of nitrogens with one attached hydrogen (secondary N) is 1. The lowest BCUT2D eigenvalue weighted by atomic mass is 10.2. The van der Waals surface area contributed by atoms with Gasteiger partial charge in [-0.25, -0.2) is 0 Å². The van der Waals surface area contributed by atoms with Gasteiger partial charge in [-0.15, -0.1) is 0 Å². The second-order valence-electron chi connectivity index (χ2n) is 7.39. The highest BCUT2D eigenvalue weighted by Crippen LogP contribution is 2.35. The summed E-state index contributed by atoms with van der Waals surface area (Å²) in [7, 11) is 1.62. The minimum atomic E-state index is -0.417. The van der Waals surface area contributed by atoms with E-state index in [1.54, 1.807) is 30.2 Å². The van der Waals surface area contributed by atoms with Crippen molar-refractivity contribution in [3.05, 3.63) is 42.5 Å². The van der Waals surface area contributed by atoms with Gasteiger partial charge in [0.05, 0.1) is 19.4 Å². The van der Waals surface area contributed by atoms with Crippen LogP contribution in [0.2, 0.25) is 0 Å². The summed E-state index contributed by atoms with van der Waals surface area (Å²) < 4.78 is 21.9. The van der Waals surface area contributed by atoms with Crippen LogP contribution in [-0.4, -0.2) is 51.4 Å². The van der Waals surface area contributed by atoms with Crippen molar-refractivity contribution in [1.82, 2.24) is 0 Å². The van der Waals surface area contributed by atoms with Crippen molar-refractivity contribution in [2.24, 2.45) is 0 Å². The Bertz CT molecular complexity index is 924. The first-order chi connectivity index (χ1) is 15.1. The van der Waals surface area contributed by atoms with Gasteiger partial charge in [0.25, 0.3) is 11.8 Å². The summed E-state index contributed by atoms with van der Waals surface area (Å²) in [5.41, 5.74) is 1.25. The highest BCUT2D eigenvalue weighted by molar-refractivity contribution is 6.00. The zero-order chi connectivity index (χ0) is 21.6. The van der Waals surface area contributed by atoms with E-state index in [0.717, 1.165) is 24.3 Å². The molecule has 1 atom stereocenters. The van der Waals surface area contributed by atoms with Crippen LogP contribution in [0.3, 0.4) is 0 Å². The van der Waals surface area contributed by atoms with E-state index in [2.05, 4.69) is 5.32 Å². The number of ether oxygens (including phenoxy) is 4. The van der Waals surface area contributed by atoms with Crippen molar-refractivity contribution in [2.45, 2.75) is 25.4 Å². The smallest absolute Gasteiger partial charge is 0.265 e. The molecule has 2 aromatic carbocycles. The molecule has 0 spiro atoms. The Morgan fingerprint density at radius 3 is 2.74 bits per heavy atom. The molecule has 4 rings (SSSR count). The quantitative estimate of drug-likeness (QED) is 0.653. The molecule has 8 heteroatoms. The van der Waals surface area contributed by atoms with Gasteiger partial charge in [0.15, 0.2) is 6.61 Å². The number of hydrogen-bond donors (Lipinski definition) is 1. The molecule has 2 amide bonds. The molecule has 1 saturated heterocycles. The summed E-state index contributed by atoms with van der Waals surface area (Å²) in [6.07, 6.45) is 1.83. The lowest BCUT2D eigenvalue weighted by molar-refractivity contribution is -0.124. The summed E-state index contributed by atoms with van der Waals surface area (Å²) in [6, 6.07) is 12.7. The van der Waals surface area contributed by atoms with Gasteiger partial charge in [-0.1, -0.05) is 0 Å². The average molecular weight is 426 g/mol. The lowest BCUT2D eigenvalue weighted by Gasteiger charge is -2.30. The fourth-order valence-electron chi connectivity index (χ4n) is 3.62. The molecule has 2 aliphatic heterocycles. The van der Waals surface area contributed by atoms with Crippen LogP contribution >= 0.6 is 0 Å². The SMILES string of the molecule is COc1ccc(OCCCN2C(=O)COc3ccc(NC(=O)C4CCCO4)cc32)cc1. The van der Waals surface area contributed by atoms with Crippen LogP contribution in [0.25, 0.3) is 0 Å². The molecule has 164 valence electrons. The highest BCUT2D eigenvalue weighted by Gasteiger charge is 2.27. The Morgan fingerprint density at radius 2 is 2.00 bits per heavy atom. The van der Waals surface area contributed by atoms with Gasteiger partial charge in [0.2, 0.25) is 0 Å². The van der Waals surface area contributed by atoms with Crippen molar-refractivity contribution in [1.29, 1.82) is 0 Å². The summed E-state index contributed by atoms with van der Waals surface area (Å²) in [6.45, 7) is 1.54. The van der Waals surface area contributed by atoms with E-state index >= 15 is 0 Å². The summed E-state index contributed by atoms with van der Waals surface area (Å²) >= 11 is 0. The third kappa shape index (κ3) is 5.08. The number of methoxy groups -OCH3 is 1. The van der Waals surface area contributed by atoms with Gasteiger partial charge in [-0.2, -0.15) is 0 Å². The second kappa shape index (κ2) is 9.70. The van der Waals surface area contributed by atoms with Crippen molar-refractivity contribution in [3.8, 4) is 17.2 Å². The Labute approximate surface area is 181 Å². The number of anilines is 2. The van der Waals surface area contributed by atoms with Crippen molar-refractivity contribution in [3.63, 3.8) is 0 Å². The first kappa shape index (κ1) is 21.0. The molecule has 1 fully saturated rings. The molecular weight excluding hydrogens is 400 g/mol. The van der Waals surface area contributed by atoms with Crippen molar-refractivity contribution < 1.29 is 28.5 Å². The Balaban J connectivity index is 1.36. The topological polar surface area (TPSA) is 86.3 Å². The molecule has 1 N–H and O–H groups in total. The summed E-state index contributed by atoms with van der Waals surface area (Å²) in [4.78, 5) is 26.5. The minimum absolute atomic E-state index is 0.00600. The van der Waals surface area contributed by atoms with Crippen LogP contribution in [0.1, 0.15) is 19.3 Å². The standard InChI is InChI=1S/C23H26N2O6/c1-28-17-6-8-18(9-7-17)29-13-3-11-25-19-14-16(5-10-20(19)31-15-22(25)26)24-23(27)21-4-2-12-30-21/h5-10,14,21H,2-4,11-13,15H2,1H3,(H,24,27). The van der Waals surface area contributed by atoms with Crippen LogP contribution in [0.15, 0.2) is 42.5 Å². The number of carbonyl (C=O) groups is 2. The maximum absolute atomic E-state index is 12.5. The predicted molar refractivity (Wildman–Crippen MR) is 115 cm³/mol. The average Bonchev–Trinajstić information content (AvgIpc) is 3.33. The minimum Gasteiger partial charge on any atom is -0.497 e. The molecule has 2 aliphatic rings. The Kier molecular flexibility index (Phi) is 6.57. The zero-order valence-electron chi connectivity index (χ0n) is 17.5. The van der Waals surface area contributed by atoms with Crippen LogP contribution in [0.4, 0.5) is 11.4 Å². The van der Waals surface area contributed by atoms with Gasteiger partial charge in [0, 0.05) is 18.8 Å². The van der Waals surface area contributed by atoms with Crippen LogP contribution in [0, 0.1) is 0 Å². The first-order valence-electron chi connectivity index (χ1n) is 10.4. The number of benzene rings is 2. The van der Waals surface area contributed by atoms with Gasteiger partial charge in [-0.3, -0.25) is 9.59 Å². The normalized spacial score (nSPS) is 17.6. The van der Waals surface area contributed by atoms with E-state index in [-0.39, 0.29) is 18.4 Å². The van der Waals surface area contributed by atoms with E-state index in [1.807, 2.05) is 24.3 Å². The largest absolute Gasteiger partial charge is 0.497 e. The van der Waals surface area contributed by atoms with Gasteiger partial charge < -0.3 is 29.2 Å². The predicted octanol–water partition coefficient (Wildman–Crippen LogP) is 3.01. The molecule has 1 unspecified atom stereocenters. The van der Waals surface area contributed by atoms with Crippen LogP contribution in [-0.2, 0) is 14.3 Å². The number of amides is 2. The maximum atomic E-state index is 12.5. The molecular formula is C23H26N2O6. The number of nitrogens with zero attached hydrogens (tertiary/aromatic N) is 1. The highest BCUT2D eigenvalue weighted by atomic mass is 16.5.